The van der Waals surface area contributed by atoms with Crippen molar-refractivity contribution >= 4 is 10.8 Å². The van der Waals surface area contributed by atoms with Crippen LogP contribution in [0.1, 0.15) is 32.8 Å². The van der Waals surface area contributed by atoms with Crippen molar-refractivity contribution < 1.29 is 0 Å². The van der Waals surface area contributed by atoms with Crippen molar-refractivity contribution in [3.8, 4) is 0 Å². The van der Waals surface area contributed by atoms with Gasteiger partial charge in [-0.2, -0.15) is 0 Å². The number of fused-ring (bicyclic) bond motifs is 1. The van der Waals surface area contributed by atoms with Crippen LogP contribution < -0.4 is 0 Å². The molecule has 0 aliphatic rings. The second kappa shape index (κ2) is 10.7. The minimum Gasteiger partial charge on any atom is -0.0656 e. The van der Waals surface area contributed by atoms with Crippen LogP contribution in [0.4, 0.5) is 0 Å². The number of aryl methyl sites for hydroxylation is 1. The molecular weight excluding hydrogens is 252 g/mol. The lowest BCUT2D eigenvalue weighted by Gasteiger charge is -1.92. The Morgan fingerprint density at radius 3 is 1.14 bits per heavy atom. The molecule has 0 N–H and O–H groups in total. The average molecular weight is 278 g/mol. The van der Waals surface area contributed by atoms with Gasteiger partial charge >= 0.3 is 0 Å². The molecule has 0 nitrogen and oxygen atoms in total. The van der Waals surface area contributed by atoms with Crippen molar-refractivity contribution in [2.45, 2.75) is 33.6 Å². The predicted octanol–water partition coefficient (Wildman–Crippen LogP) is 6.51. The van der Waals surface area contributed by atoms with E-state index in [0.29, 0.717) is 0 Å². The Bertz CT molecular complexity index is 531. The second-order valence-corrected chi connectivity index (χ2v) is 4.89. The van der Waals surface area contributed by atoms with Crippen LogP contribution >= 0.6 is 0 Å². The zero-order chi connectivity index (χ0) is 15.3. The van der Waals surface area contributed by atoms with Gasteiger partial charge in [0.2, 0.25) is 0 Å². The van der Waals surface area contributed by atoms with E-state index >= 15 is 0 Å². The summed E-state index contributed by atoms with van der Waals surface area (Å²) in [5.74, 6) is 0. The van der Waals surface area contributed by atoms with Gasteiger partial charge in [0.1, 0.15) is 0 Å². The molecule has 0 aliphatic carbocycles. The fourth-order valence-electron chi connectivity index (χ4n) is 1.85. The first-order chi connectivity index (χ1) is 10.3. The molecule has 0 heteroatoms. The highest BCUT2D eigenvalue weighted by atomic mass is 13.9. The maximum Gasteiger partial charge on any atom is -0.0184 e. The van der Waals surface area contributed by atoms with Gasteiger partial charge in [-0.05, 0) is 22.8 Å². The standard InChI is InChI=1S/C10H8.C8H10.C3H8/c1-2-6-10-8-4-3-7-9(10)5-1;1-2-8-6-4-3-5-7-8;1-3-2/h1-8H;3-7H,2H2,1H3;3H2,1-2H3. The van der Waals surface area contributed by atoms with Crippen LogP contribution in [-0.4, -0.2) is 0 Å². The zero-order valence-electron chi connectivity index (χ0n) is 13.4. The van der Waals surface area contributed by atoms with Gasteiger partial charge < -0.3 is 0 Å². The van der Waals surface area contributed by atoms with Crippen molar-refractivity contribution in [2.24, 2.45) is 0 Å². The van der Waals surface area contributed by atoms with Gasteiger partial charge in [0.05, 0.1) is 0 Å². The topological polar surface area (TPSA) is 0 Å². The second-order valence-electron chi connectivity index (χ2n) is 4.89. The quantitative estimate of drug-likeness (QED) is 0.476. The Morgan fingerprint density at radius 1 is 0.524 bits per heavy atom. The van der Waals surface area contributed by atoms with Crippen LogP contribution in [0, 0.1) is 0 Å². The van der Waals surface area contributed by atoms with Crippen LogP contribution in [0.15, 0.2) is 78.9 Å². The summed E-state index contributed by atoms with van der Waals surface area (Å²) in [4.78, 5) is 0. The lowest BCUT2D eigenvalue weighted by molar-refractivity contribution is 1.09. The molecule has 0 amide bonds. The Labute approximate surface area is 129 Å². The van der Waals surface area contributed by atoms with Gasteiger partial charge in [-0.3, -0.25) is 0 Å². The number of hydrogen-bond acceptors (Lipinski definition) is 0. The lowest BCUT2D eigenvalue weighted by atomic mass is 10.1. The monoisotopic (exact) mass is 278 g/mol. The van der Waals surface area contributed by atoms with Gasteiger partial charge in [0.15, 0.2) is 0 Å². The van der Waals surface area contributed by atoms with Gasteiger partial charge in [-0.15, -0.1) is 0 Å². The average Bonchev–Trinajstić information content (AvgIpc) is 2.57. The summed E-state index contributed by atoms with van der Waals surface area (Å²) in [6, 6.07) is 27.2. The van der Waals surface area contributed by atoms with Gasteiger partial charge in [0, 0.05) is 0 Å². The van der Waals surface area contributed by atoms with E-state index in [-0.39, 0.29) is 0 Å². The van der Waals surface area contributed by atoms with E-state index in [1.165, 1.54) is 22.8 Å². The van der Waals surface area contributed by atoms with E-state index in [2.05, 4.69) is 93.6 Å². The third kappa shape index (κ3) is 6.76. The fourth-order valence-corrected chi connectivity index (χ4v) is 1.85. The summed E-state index contributed by atoms with van der Waals surface area (Å²) < 4.78 is 0. The van der Waals surface area contributed by atoms with Crippen LogP contribution in [-0.2, 0) is 6.42 Å². The molecule has 110 valence electrons. The van der Waals surface area contributed by atoms with Gasteiger partial charge in [-0.1, -0.05) is 106 Å². The number of hydrogen-bond donors (Lipinski definition) is 0. The third-order valence-corrected chi connectivity index (χ3v) is 2.91. The van der Waals surface area contributed by atoms with Crippen molar-refractivity contribution in [1.29, 1.82) is 0 Å². The largest absolute Gasteiger partial charge is 0.0656 e. The third-order valence-electron chi connectivity index (χ3n) is 2.91. The van der Waals surface area contributed by atoms with E-state index in [1.807, 2.05) is 6.07 Å². The Hall–Kier alpha value is -2.08. The maximum atomic E-state index is 2.16. The molecule has 0 fully saturated rings. The highest BCUT2D eigenvalue weighted by Crippen LogP contribution is 2.11. The molecule has 3 rings (SSSR count). The fraction of sp³-hybridized carbons (Fsp3) is 0.238. The number of rotatable bonds is 1. The highest BCUT2D eigenvalue weighted by molar-refractivity contribution is 5.81. The molecule has 3 aromatic rings. The molecule has 21 heavy (non-hydrogen) atoms. The molecule has 0 unspecified atom stereocenters. The summed E-state index contributed by atoms with van der Waals surface area (Å²) in [5.41, 5.74) is 1.41. The summed E-state index contributed by atoms with van der Waals surface area (Å²) in [5, 5.41) is 2.62. The molecule has 0 atom stereocenters. The SMILES string of the molecule is CCC.CCc1ccccc1.c1ccc2ccccc2c1. The minimum absolute atomic E-state index is 1.14. The number of benzene rings is 3. The van der Waals surface area contributed by atoms with Crippen molar-refractivity contribution in [3.05, 3.63) is 84.4 Å². The van der Waals surface area contributed by atoms with E-state index < -0.39 is 0 Å². The first kappa shape index (κ1) is 17.0. The van der Waals surface area contributed by atoms with Crippen LogP contribution in [0.25, 0.3) is 10.8 Å². The zero-order valence-corrected chi connectivity index (χ0v) is 13.4. The summed E-state index contributed by atoms with van der Waals surface area (Å²) in [6.07, 6.45) is 2.39. The molecule has 0 radical (unpaired) electrons. The molecule has 0 aromatic heterocycles. The summed E-state index contributed by atoms with van der Waals surface area (Å²) >= 11 is 0. The van der Waals surface area contributed by atoms with Crippen molar-refractivity contribution in [1.82, 2.24) is 0 Å². The normalized spacial score (nSPS) is 9.10. The molecule has 0 heterocycles. The Kier molecular flexibility index (Phi) is 8.63. The molecule has 0 aliphatic heterocycles. The molecule has 0 spiro atoms. The van der Waals surface area contributed by atoms with Crippen LogP contribution in [0.3, 0.4) is 0 Å². The maximum absolute atomic E-state index is 2.16. The Balaban J connectivity index is 0.000000181. The first-order valence-electron chi connectivity index (χ1n) is 7.79. The Morgan fingerprint density at radius 2 is 0.857 bits per heavy atom. The first-order valence-corrected chi connectivity index (χ1v) is 7.79. The van der Waals surface area contributed by atoms with Crippen molar-refractivity contribution in [3.63, 3.8) is 0 Å². The minimum atomic E-state index is 1.14. The van der Waals surface area contributed by atoms with E-state index in [1.54, 1.807) is 0 Å². The highest BCUT2D eigenvalue weighted by Gasteiger charge is 1.85. The molecule has 3 aromatic carbocycles. The van der Waals surface area contributed by atoms with E-state index in [4.69, 9.17) is 0 Å². The van der Waals surface area contributed by atoms with Crippen molar-refractivity contribution in [2.75, 3.05) is 0 Å². The molecule has 0 saturated heterocycles. The van der Waals surface area contributed by atoms with Gasteiger partial charge in [-0.25, -0.2) is 0 Å². The molecule has 0 saturated carbocycles. The summed E-state index contributed by atoms with van der Waals surface area (Å²) in [6.45, 7) is 6.41. The van der Waals surface area contributed by atoms with Gasteiger partial charge in [0.25, 0.3) is 0 Å². The smallest absolute Gasteiger partial charge is 0.0184 e. The van der Waals surface area contributed by atoms with Crippen LogP contribution in [0.5, 0.6) is 0 Å². The summed E-state index contributed by atoms with van der Waals surface area (Å²) in [7, 11) is 0. The molecule has 0 bridgehead atoms. The lowest BCUT2D eigenvalue weighted by Crippen LogP contribution is -1.73. The van der Waals surface area contributed by atoms with E-state index in [0.717, 1.165) is 6.42 Å². The predicted molar refractivity (Wildman–Crippen MR) is 95.7 cm³/mol. The molecular formula is C21H26. The van der Waals surface area contributed by atoms with Crippen LogP contribution in [0.2, 0.25) is 0 Å². The van der Waals surface area contributed by atoms with E-state index in [9.17, 15) is 0 Å².